The molecular weight excluding hydrogens is 432 g/mol. The van der Waals surface area contributed by atoms with Gasteiger partial charge in [-0.3, -0.25) is 4.79 Å². The summed E-state index contributed by atoms with van der Waals surface area (Å²) in [5.41, 5.74) is 0.450. The van der Waals surface area contributed by atoms with Crippen LogP contribution in [0.15, 0.2) is 12.1 Å². The van der Waals surface area contributed by atoms with Gasteiger partial charge in [0.25, 0.3) is 0 Å². The number of fused-ring (bicyclic) bond motifs is 2. The molecule has 0 saturated heterocycles. The predicted molar refractivity (Wildman–Crippen MR) is 123 cm³/mol. The molecule has 176 valence electrons. The Balaban J connectivity index is 1.89. The molecule has 0 aromatic heterocycles. The molecule has 0 spiro atoms. The lowest BCUT2D eigenvalue weighted by molar-refractivity contribution is -0.0861. The number of phenolic OH excluding ortho intramolecular Hbond substituents is 2. The zero-order chi connectivity index (χ0) is 23.5. The molecule has 1 aliphatic rings. The van der Waals surface area contributed by atoms with Gasteiger partial charge in [0.2, 0.25) is 0 Å². The Bertz CT molecular complexity index is 983. The van der Waals surface area contributed by atoms with Gasteiger partial charge in [0, 0.05) is 51.6 Å². The first-order chi connectivity index (χ1) is 15.2. The fourth-order valence-corrected chi connectivity index (χ4v) is 4.49. The van der Waals surface area contributed by atoms with Gasteiger partial charge in [-0.25, -0.2) is 0 Å². The second-order valence-corrected chi connectivity index (χ2v) is 14.7. The third-order valence-electron chi connectivity index (χ3n) is 5.47. The van der Waals surface area contributed by atoms with E-state index in [1.165, 1.54) is 14.2 Å². The number of ether oxygens (including phenoxy) is 5. The Labute approximate surface area is 189 Å². The minimum Gasteiger partial charge on any atom is -0.507 e. The summed E-state index contributed by atoms with van der Waals surface area (Å²) < 4.78 is 27.2. The summed E-state index contributed by atoms with van der Waals surface area (Å²) in [6, 6.07) is 4.20. The largest absolute Gasteiger partial charge is 0.507 e. The minimum absolute atomic E-state index is 0.0683. The molecule has 0 heterocycles. The molecule has 2 aromatic carbocycles. The van der Waals surface area contributed by atoms with Gasteiger partial charge in [-0.15, -0.1) is 0 Å². The molecule has 2 aromatic rings. The van der Waals surface area contributed by atoms with Gasteiger partial charge in [-0.1, -0.05) is 19.6 Å². The van der Waals surface area contributed by atoms with Gasteiger partial charge in [0.05, 0.1) is 24.2 Å². The second kappa shape index (κ2) is 10.1. The minimum atomic E-state index is -1.19. The van der Waals surface area contributed by atoms with Gasteiger partial charge in [-0.05, 0) is 12.1 Å². The number of methoxy groups -OCH3 is 2. The molecule has 0 amide bonds. The maximum absolute atomic E-state index is 12.9. The lowest BCUT2D eigenvalue weighted by Crippen LogP contribution is -2.28. The third-order valence-corrected chi connectivity index (χ3v) is 7.17. The smallest absolute Gasteiger partial charge is 0.188 e. The van der Waals surface area contributed by atoms with Gasteiger partial charge >= 0.3 is 0 Å². The first-order valence-electron chi connectivity index (χ1n) is 10.6. The zero-order valence-electron chi connectivity index (χ0n) is 19.3. The van der Waals surface area contributed by atoms with Crippen LogP contribution in [-0.2, 0) is 20.6 Å². The van der Waals surface area contributed by atoms with Gasteiger partial charge in [0.15, 0.2) is 12.6 Å². The van der Waals surface area contributed by atoms with E-state index >= 15 is 0 Å². The predicted octanol–water partition coefficient (Wildman–Crippen LogP) is 4.07. The number of Topliss-reactive ketones (excluding diaryl/α,β-unsaturated/α-hetero) is 1. The highest BCUT2D eigenvalue weighted by atomic mass is 28.3. The van der Waals surface area contributed by atoms with Crippen LogP contribution in [-0.4, -0.2) is 64.6 Å². The van der Waals surface area contributed by atoms with E-state index < -0.39 is 14.2 Å². The topological polar surface area (TPSA) is 104 Å². The highest BCUT2D eigenvalue weighted by Gasteiger charge is 2.33. The Morgan fingerprint density at radius 3 is 2.47 bits per heavy atom. The number of benzene rings is 2. The zero-order valence-corrected chi connectivity index (χ0v) is 20.3. The molecule has 2 N–H and O–H groups in total. The first-order valence-corrected chi connectivity index (χ1v) is 14.3. The van der Waals surface area contributed by atoms with Gasteiger partial charge in [0.1, 0.15) is 29.8 Å². The summed E-state index contributed by atoms with van der Waals surface area (Å²) in [6.07, 6.45) is -0.0773. The average Bonchev–Trinajstić information content (AvgIpc) is 2.73. The molecule has 0 aliphatic heterocycles. The number of hydrogen-bond donors (Lipinski definition) is 2. The number of phenols is 2. The highest BCUT2D eigenvalue weighted by molar-refractivity contribution is 6.76. The van der Waals surface area contributed by atoms with Crippen molar-refractivity contribution in [2.24, 2.45) is 0 Å². The SMILES string of the molecule is COCOc1cc(OC)cc2c(O)c3c(c(O)c12)C(=O)C[C@@H](OCOCC[Si](C)(C)C)C3. The fourth-order valence-electron chi connectivity index (χ4n) is 3.73. The van der Waals surface area contributed by atoms with E-state index in [-0.39, 0.29) is 60.4 Å². The van der Waals surface area contributed by atoms with E-state index in [4.69, 9.17) is 23.7 Å². The second-order valence-electron chi connectivity index (χ2n) is 9.11. The van der Waals surface area contributed by atoms with E-state index in [1.54, 1.807) is 12.1 Å². The number of hydrogen-bond acceptors (Lipinski definition) is 8. The van der Waals surface area contributed by atoms with Crippen molar-refractivity contribution in [1.29, 1.82) is 0 Å². The van der Waals surface area contributed by atoms with Crippen LogP contribution in [0.4, 0.5) is 0 Å². The van der Waals surface area contributed by atoms with Crippen LogP contribution in [0.1, 0.15) is 22.3 Å². The van der Waals surface area contributed by atoms with Crippen LogP contribution in [0.2, 0.25) is 25.7 Å². The van der Waals surface area contributed by atoms with Crippen LogP contribution in [0.5, 0.6) is 23.0 Å². The Kier molecular flexibility index (Phi) is 7.66. The Hall–Kier alpha value is -2.33. The highest BCUT2D eigenvalue weighted by Crippen LogP contribution is 2.48. The third kappa shape index (κ3) is 5.35. The number of ketones is 1. The molecule has 0 saturated carbocycles. The van der Waals surface area contributed by atoms with Crippen LogP contribution in [0.25, 0.3) is 10.8 Å². The van der Waals surface area contributed by atoms with Crippen molar-refractivity contribution in [2.45, 2.75) is 44.6 Å². The molecular formula is C23H32O8Si. The molecule has 0 radical (unpaired) electrons. The molecule has 3 rings (SSSR count). The van der Waals surface area contributed by atoms with Crippen molar-refractivity contribution in [3.05, 3.63) is 23.3 Å². The van der Waals surface area contributed by atoms with Crippen LogP contribution < -0.4 is 9.47 Å². The molecule has 8 nitrogen and oxygen atoms in total. The Morgan fingerprint density at radius 2 is 1.81 bits per heavy atom. The van der Waals surface area contributed by atoms with E-state index in [2.05, 4.69) is 19.6 Å². The van der Waals surface area contributed by atoms with Crippen molar-refractivity contribution >= 4 is 24.6 Å². The summed E-state index contributed by atoms with van der Waals surface area (Å²) in [4.78, 5) is 12.9. The van der Waals surface area contributed by atoms with E-state index in [1.807, 2.05) is 0 Å². The van der Waals surface area contributed by atoms with Gasteiger partial charge < -0.3 is 33.9 Å². The summed E-state index contributed by atoms with van der Waals surface area (Å²) >= 11 is 0. The maximum atomic E-state index is 12.9. The standard InChI is InChI=1S/C23H32O8Si/c1-27-12-31-19-11-14(28-2)8-17-21(19)23(26)20-16(22(17)25)9-15(10-18(20)24)30-13-29-6-7-32(3,4)5/h8,11,15,25-26H,6-7,9-10,12-13H2,1-5H3/t15-/m0/s1. The summed E-state index contributed by atoms with van der Waals surface area (Å²) in [6.45, 7) is 7.45. The lowest BCUT2D eigenvalue weighted by Gasteiger charge is -2.27. The number of carbonyl (C=O) groups excluding carboxylic acids is 1. The molecule has 0 bridgehead atoms. The van der Waals surface area contributed by atoms with Gasteiger partial charge in [-0.2, -0.15) is 0 Å². The molecule has 0 fully saturated rings. The lowest BCUT2D eigenvalue weighted by atomic mass is 9.84. The normalized spacial score (nSPS) is 16.3. The molecule has 9 heteroatoms. The number of aromatic hydroxyl groups is 2. The molecule has 1 atom stereocenters. The summed E-state index contributed by atoms with van der Waals surface area (Å²) in [7, 11) is 1.77. The van der Waals surface area contributed by atoms with Crippen molar-refractivity contribution in [1.82, 2.24) is 0 Å². The van der Waals surface area contributed by atoms with E-state index in [0.717, 1.165) is 6.04 Å². The van der Waals surface area contributed by atoms with Crippen LogP contribution in [0, 0.1) is 0 Å². The number of carbonyl (C=O) groups is 1. The molecule has 0 unspecified atom stereocenters. The van der Waals surface area contributed by atoms with Crippen molar-refractivity contribution in [3.63, 3.8) is 0 Å². The van der Waals surface area contributed by atoms with Crippen molar-refractivity contribution in [2.75, 3.05) is 34.4 Å². The van der Waals surface area contributed by atoms with Crippen molar-refractivity contribution in [3.8, 4) is 23.0 Å². The summed E-state index contributed by atoms with van der Waals surface area (Å²) in [5, 5.41) is 22.6. The fraction of sp³-hybridized carbons (Fsp3) is 0.522. The quantitative estimate of drug-likeness (QED) is 0.235. The average molecular weight is 465 g/mol. The van der Waals surface area contributed by atoms with Crippen LogP contribution >= 0.6 is 0 Å². The van der Waals surface area contributed by atoms with Crippen LogP contribution in [0.3, 0.4) is 0 Å². The monoisotopic (exact) mass is 464 g/mol. The van der Waals surface area contributed by atoms with E-state index in [9.17, 15) is 15.0 Å². The number of rotatable bonds is 10. The van der Waals surface area contributed by atoms with E-state index in [0.29, 0.717) is 23.3 Å². The van der Waals surface area contributed by atoms with Crippen molar-refractivity contribution < 1.29 is 38.7 Å². The molecule has 1 aliphatic carbocycles. The first kappa shape index (κ1) is 24.3. The Morgan fingerprint density at radius 1 is 1.06 bits per heavy atom. The summed E-state index contributed by atoms with van der Waals surface area (Å²) in [5.74, 6) is 0.0518. The maximum Gasteiger partial charge on any atom is 0.188 e. The molecule has 32 heavy (non-hydrogen) atoms.